The van der Waals surface area contributed by atoms with Crippen LogP contribution in [0.1, 0.15) is 123 Å². The molecule has 0 aromatic rings. The van der Waals surface area contributed by atoms with Crippen molar-refractivity contribution in [3.8, 4) is 0 Å². The van der Waals surface area contributed by atoms with Crippen molar-refractivity contribution in [1.82, 2.24) is 5.32 Å². The van der Waals surface area contributed by atoms with E-state index in [2.05, 4.69) is 19.2 Å². The van der Waals surface area contributed by atoms with Crippen LogP contribution in [0.5, 0.6) is 0 Å². The molecule has 2 nitrogen and oxygen atoms in total. The molecule has 2 heteroatoms. The number of hydrogen-bond donors (Lipinski definition) is 2. The molecule has 0 fully saturated rings. The van der Waals surface area contributed by atoms with Gasteiger partial charge >= 0.3 is 0 Å². The van der Waals surface area contributed by atoms with Gasteiger partial charge < -0.3 is 10.4 Å². The summed E-state index contributed by atoms with van der Waals surface area (Å²) in [7, 11) is 0. The molecule has 0 saturated heterocycles. The Balaban J connectivity index is 3.11. The minimum Gasteiger partial charge on any atom is -0.392 e. The summed E-state index contributed by atoms with van der Waals surface area (Å²) in [6, 6.07) is 0. The number of unbranched alkanes of at least 4 members (excludes halogenated alkanes) is 14. The lowest BCUT2D eigenvalue weighted by Gasteiger charge is -2.11. The Kier molecular flexibility index (Phi) is 20.9. The van der Waals surface area contributed by atoms with E-state index in [0.29, 0.717) is 0 Å². The van der Waals surface area contributed by atoms with E-state index in [0.717, 1.165) is 19.5 Å². The molecule has 146 valence electrons. The number of hydrogen-bond acceptors (Lipinski definition) is 2. The number of rotatable bonds is 20. The molecule has 0 heterocycles. The Morgan fingerprint density at radius 1 is 0.583 bits per heavy atom. The second kappa shape index (κ2) is 21.0. The van der Waals surface area contributed by atoms with Gasteiger partial charge in [-0.05, 0) is 19.4 Å². The zero-order chi connectivity index (χ0) is 17.7. The van der Waals surface area contributed by atoms with Crippen molar-refractivity contribution in [3.05, 3.63) is 0 Å². The fourth-order valence-electron chi connectivity index (χ4n) is 3.27. The summed E-state index contributed by atoms with van der Waals surface area (Å²) in [4.78, 5) is 0. The molecule has 0 spiro atoms. The Morgan fingerprint density at radius 2 is 1.00 bits per heavy atom. The lowest BCUT2D eigenvalue weighted by atomic mass is 10.1. The van der Waals surface area contributed by atoms with Gasteiger partial charge in [-0.15, -0.1) is 0 Å². The second-order valence-corrected chi connectivity index (χ2v) is 7.60. The number of aliphatic hydroxyl groups is 1. The maximum absolute atomic E-state index is 9.98. The predicted octanol–water partition coefficient (Wildman–Crippen LogP) is 6.61. The first-order valence-corrected chi connectivity index (χ1v) is 11.2. The maximum Gasteiger partial charge on any atom is 0.0664 e. The predicted molar refractivity (Wildman–Crippen MR) is 109 cm³/mol. The molecular weight excluding hydrogens is 294 g/mol. The molecule has 0 aliphatic heterocycles. The van der Waals surface area contributed by atoms with Crippen LogP contribution in [0.4, 0.5) is 0 Å². The van der Waals surface area contributed by atoms with Gasteiger partial charge in [0.05, 0.1) is 6.10 Å². The van der Waals surface area contributed by atoms with E-state index in [1.807, 2.05) is 0 Å². The summed E-state index contributed by atoms with van der Waals surface area (Å²) in [6.07, 6.45) is 22.5. The van der Waals surface area contributed by atoms with Crippen molar-refractivity contribution in [2.24, 2.45) is 0 Å². The van der Waals surface area contributed by atoms with E-state index >= 15 is 0 Å². The fourth-order valence-corrected chi connectivity index (χ4v) is 3.27. The van der Waals surface area contributed by atoms with E-state index in [1.165, 1.54) is 103 Å². The first-order chi connectivity index (χ1) is 11.8. The standard InChI is InChI=1S/C22H47NO/c1-3-5-7-9-11-13-15-17-19-22(24)21-23-20-18-16-14-12-10-8-6-4-2/h22-24H,3-21H2,1-2H3. The summed E-state index contributed by atoms with van der Waals surface area (Å²) in [5.74, 6) is 0. The van der Waals surface area contributed by atoms with Crippen LogP contribution in [0.25, 0.3) is 0 Å². The molecule has 0 aromatic heterocycles. The zero-order valence-corrected chi connectivity index (χ0v) is 17.0. The first-order valence-electron chi connectivity index (χ1n) is 11.2. The van der Waals surface area contributed by atoms with Crippen LogP contribution in [0.15, 0.2) is 0 Å². The van der Waals surface area contributed by atoms with Gasteiger partial charge in [-0.1, -0.05) is 110 Å². The monoisotopic (exact) mass is 341 g/mol. The van der Waals surface area contributed by atoms with Crippen molar-refractivity contribution in [1.29, 1.82) is 0 Å². The van der Waals surface area contributed by atoms with Crippen LogP contribution < -0.4 is 5.32 Å². The van der Waals surface area contributed by atoms with Crippen LogP contribution in [-0.2, 0) is 0 Å². The molecule has 24 heavy (non-hydrogen) atoms. The van der Waals surface area contributed by atoms with Crippen LogP contribution in [0, 0.1) is 0 Å². The van der Waals surface area contributed by atoms with E-state index in [-0.39, 0.29) is 6.10 Å². The van der Waals surface area contributed by atoms with Crippen molar-refractivity contribution >= 4 is 0 Å². The number of aliphatic hydroxyl groups excluding tert-OH is 1. The zero-order valence-electron chi connectivity index (χ0n) is 17.0. The van der Waals surface area contributed by atoms with Crippen LogP contribution >= 0.6 is 0 Å². The SMILES string of the molecule is CCCCCCCCCCNCC(O)CCCCCCCCCC. The van der Waals surface area contributed by atoms with Gasteiger partial charge in [-0.2, -0.15) is 0 Å². The van der Waals surface area contributed by atoms with Crippen molar-refractivity contribution in [2.75, 3.05) is 13.1 Å². The minimum absolute atomic E-state index is 0.140. The Morgan fingerprint density at radius 3 is 1.50 bits per heavy atom. The third kappa shape index (κ3) is 20.0. The van der Waals surface area contributed by atoms with Crippen LogP contribution in [0.2, 0.25) is 0 Å². The molecule has 0 radical (unpaired) electrons. The molecule has 1 atom stereocenters. The van der Waals surface area contributed by atoms with Gasteiger partial charge in [0.2, 0.25) is 0 Å². The van der Waals surface area contributed by atoms with Crippen molar-refractivity contribution in [2.45, 2.75) is 129 Å². The van der Waals surface area contributed by atoms with E-state index < -0.39 is 0 Å². The van der Waals surface area contributed by atoms with Crippen molar-refractivity contribution in [3.63, 3.8) is 0 Å². The summed E-state index contributed by atoms with van der Waals surface area (Å²) < 4.78 is 0. The lowest BCUT2D eigenvalue weighted by molar-refractivity contribution is 0.158. The lowest BCUT2D eigenvalue weighted by Crippen LogP contribution is -2.27. The Bertz CT molecular complexity index is 220. The average Bonchev–Trinajstić information content (AvgIpc) is 2.59. The fraction of sp³-hybridized carbons (Fsp3) is 1.00. The summed E-state index contributed by atoms with van der Waals surface area (Å²) in [6.45, 7) is 6.40. The third-order valence-corrected chi connectivity index (χ3v) is 4.98. The van der Waals surface area contributed by atoms with Gasteiger partial charge in [0.1, 0.15) is 0 Å². The summed E-state index contributed by atoms with van der Waals surface area (Å²) in [5.41, 5.74) is 0. The average molecular weight is 342 g/mol. The highest BCUT2D eigenvalue weighted by molar-refractivity contribution is 4.60. The first kappa shape index (κ1) is 23.9. The molecule has 0 amide bonds. The molecular formula is C22H47NO. The van der Waals surface area contributed by atoms with Gasteiger partial charge in [0, 0.05) is 6.54 Å². The van der Waals surface area contributed by atoms with E-state index in [9.17, 15) is 5.11 Å². The van der Waals surface area contributed by atoms with E-state index in [4.69, 9.17) is 0 Å². The highest BCUT2D eigenvalue weighted by Crippen LogP contribution is 2.11. The van der Waals surface area contributed by atoms with E-state index in [1.54, 1.807) is 0 Å². The van der Waals surface area contributed by atoms with Crippen LogP contribution in [-0.4, -0.2) is 24.3 Å². The highest BCUT2D eigenvalue weighted by atomic mass is 16.3. The molecule has 0 rings (SSSR count). The molecule has 1 unspecified atom stereocenters. The Labute approximate surface area is 153 Å². The molecule has 0 bridgehead atoms. The summed E-state index contributed by atoms with van der Waals surface area (Å²) in [5, 5.41) is 13.4. The number of nitrogens with one attached hydrogen (secondary N) is 1. The molecule has 0 aromatic carbocycles. The quantitative estimate of drug-likeness (QED) is 0.244. The van der Waals surface area contributed by atoms with Crippen LogP contribution in [0.3, 0.4) is 0 Å². The largest absolute Gasteiger partial charge is 0.392 e. The minimum atomic E-state index is -0.140. The smallest absolute Gasteiger partial charge is 0.0664 e. The molecule has 0 saturated carbocycles. The third-order valence-electron chi connectivity index (χ3n) is 4.98. The normalized spacial score (nSPS) is 12.6. The maximum atomic E-state index is 9.98. The molecule has 2 N–H and O–H groups in total. The Hall–Kier alpha value is -0.0800. The van der Waals surface area contributed by atoms with Crippen molar-refractivity contribution < 1.29 is 5.11 Å². The van der Waals surface area contributed by atoms with Gasteiger partial charge in [0.25, 0.3) is 0 Å². The molecule has 0 aliphatic carbocycles. The van der Waals surface area contributed by atoms with Gasteiger partial charge in [-0.3, -0.25) is 0 Å². The topological polar surface area (TPSA) is 32.3 Å². The van der Waals surface area contributed by atoms with Gasteiger partial charge in [0.15, 0.2) is 0 Å². The van der Waals surface area contributed by atoms with Gasteiger partial charge in [-0.25, -0.2) is 0 Å². The second-order valence-electron chi connectivity index (χ2n) is 7.60. The highest BCUT2D eigenvalue weighted by Gasteiger charge is 2.03. The molecule has 0 aliphatic rings. The summed E-state index contributed by atoms with van der Waals surface area (Å²) >= 11 is 0.